The molecular weight excluding hydrogens is 294 g/mol. The lowest BCUT2D eigenvalue weighted by Gasteiger charge is -2.03. The van der Waals surface area contributed by atoms with Crippen molar-refractivity contribution < 1.29 is 4.79 Å². The number of hydrogen-bond donors (Lipinski definition) is 1. The number of benzene rings is 1. The molecule has 0 aliphatic heterocycles. The van der Waals surface area contributed by atoms with Gasteiger partial charge in [0.05, 0.1) is 16.3 Å². The van der Waals surface area contributed by atoms with Crippen LogP contribution in [0, 0.1) is 0 Å². The molecule has 0 aliphatic rings. The van der Waals surface area contributed by atoms with Crippen LogP contribution >= 0.6 is 11.3 Å². The van der Waals surface area contributed by atoms with Crippen LogP contribution < -0.4 is 5.32 Å². The van der Waals surface area contributed by atoms with Crippen molar-refractivity contribution in [2.45, 2.75) is 12.8 Å². The van der Waals surface area contributed by atoms with E-state index in [1.165, 1.54) is 11.9 Å². The molecule has 1 amide bonds. The first-order valence-electron chi connectivity index (χ1n) is 7.00. The molecule has 0 saturated carbocycles. The number of carbonyl (C=O) groups excluding carboxylic acids is 1. The summed E-state index contributed by atoms with van der Waals surface area (Å²) in [5.41, 5.74) is 2.85. The monoisotopic (exact) mass is 309 g/mol. The standard InChI is InChI=1S/C17H15N3OS/c21-17(7-6-13-4-2-1-3-5-13)20-14-10-16(22-11-14)15-8-9-18-12-19-15/h1-5,8-12H,6-7H2,(H,20,21). The zero-order valence-corrected chi connectivity index (χ0v) is 12.7. The van der Waals surface area contributed by atoms with Crippen LogP contribution in [0.2, 0.25) is 0 Å². The van der Waals surface area contributed by atoms with Crippen molar-refractivity contribution in [3.8, 4) is 10.6 Å². The normalized spacial score (nSPS) is 10.4. The Labute approximate surface area is 132 Å². The van der Waals surface area contributed by atoms with Gasteiger partial charge in [-0.15, -0.1) is 11.3 Å². The van der Waals surface area contributed by atoms with Crippen LogP contribution in [0.25, 0.3) is 10.6 Å². The van der Waals surface area contributed by atoms with E-state index in [9.17, 15) is 4.79 Å². The van der Waals surface area contributed by atoms with Crippen LogP contribution in [-0.2, 0) is 11.2 Å². The SMILES string of the molecule is O=C(CCc1ccccc1)Nc1csc(-c2ccncn2)c1. The molecule has 2 heterocycles. The minimum atomic E-state index is 0.0240. The fourth-order valence-electron chi connectivity index (χ4n) is 2.10. The number of carbonyl (C=O) groups is 1. The van der Waals surface area contributed by atoms with Gasteiger partial charge in [0.1, 0.15) is 6.33 Å². The van der Waals surface area contributed by atoms with Gasteiger partial charge in [-0.1, -0.05) is 30.3 Å². The Bertz CT molecular complexity index is 741. The van der Waals surface area contributed by atoms with Crippen molar-refractivity contribution in [1.29, 1.82) is 0 Å². The summed E-state index contributed by atoms with van der Waals surface area (Å²) in [6.07, 6.45) is 4.45. The van der Waals surface area contributed by atoms with Gasteiger partial charge in [-0.25, -0.2) is 9.97 Å². The predicted molar refractivity (Wildman–Crippen MR) is 88.7 cm³/mol. The molecule has 0 aliphatic carbocycles. The van der Waals surface area contributed by atoms with E-state index in [2.05, 4.69) is 15.3 Å². The van der Waals surface area contributed by atoms with Crippen molar-refractivity contribution >= 4 is 22.9 Å². The highest BCUT2D eigenvalue weighted by atomic mass is 32.1. The van der Waals surface area contributed by atoms with Crippen LogP contribution in [0.15, 0.2) is 60.4 Å². The average molecular weight is 309 g/mol. The Hall–Kier alpha value is -2.53. The van der Waals surface area contributed by atoms with Crippen molar-refractivity contribution in [3.05, 3.63) is 65.9 Å². The third-order valence-electron chi connectivity index (χ3n) is 3.20. The molecule has 1 aromatic carbocycles. The van der Waals surface area contributed by atoms with Crippen molar-refractivity contribution in [3.63, 3.8) is 0 Å². The number of hydrogen-bond acceptors (Lipinski definition) is 4. The van der Waals surface area contributed by atoms with Gasteiger partial charge in [0.15, 0.2) is 0 Å². The molecule has 0 saturated heterocycles. The topological polar surface area (TPSA) is 54.9 Å². The van der Waals surface area contributed by atoms with Gasteiger partial charge in [0.2, 0.25) is 5.91 Å². The maximum atomic E-state index is 12.0. The number of nitrogens with one attached hydrogen (secondary N) is 1. The zero-order chi connectivity index (χ0) is 15.2. The third kappa shape index (κ3) is 3.77. The fourth-order valence-corrected chi connectivity index (χ4v) is 2.92. The molecular formula is C17H15N3OS. The molecule has 0 spiro atoms. The average Bonchev–Trinajstić information content (AvgIpc) is 3.03. The fraction of sp³-hybridized carbons (Fsp3) is 0.118. The molecule has 2 aromatic heterocycles. The van der Waals surface area contributed by atoms with Gasteiger partial charge in [0.25, 0.3) is 0 Å². The summed E-state index contributed by atoms with van der Waals surface area (Å²) < 4.78 is 0. The van der Waals surface area contributed by atoms with Crippen molar-refractivity contribution in [1.82, 2.24) is 9.97 Å². The first-order chi connectivity index (χ1) is 10.8. The Morgan fingerprint density at radius 3 is 2.82 bits per heavy atom. The highest BCUT2D eigenvalue weighted by Gasteiger charge is 2.07. The van der Waals surface area contributed by atoms with Crippen LogP contribution in [0.3, 0.4) is 0 Å². The molecule has 22 heavy (non-hydrogen) atoms. The number of rotatable bonds is 5. The lowest BCUT2D eigenvalue weighted by molar-refractivity contribution is -0.116. The number of aryl methyl sites for hydroxylation is 1. The Kier molecular flexibility index (Phi) is 4.56. The second kappa shape index (κ2) is 6.95. The molecule has 0 unspecified atom stereocenters. The van der Waals surface area contributed by atoms with Crippen LogP contribution in [0.5, 0.6) is 0 Å². The predicted octanol–water partition coefficient (Wildman–Crippen LogP) is 3.78. The highest BCUT2D eigenvalue weighted by Crippen LogP contribution is 2.28. The van der Waals surface area contributed by atoms with Gasteiger partial charge in [-0.05, 0) is 24.1 Å². The minimum Gasteiger partial charge on any atom is -0.325 e. The van der Waals surface area contributed by atoms with Gasteiger partial charge in [-0.3, -0.25) is 4.79 Å². The Morgan fingerprint density at radius 2 is 2.05 bits per heavy atom. The molecule has 0 bridgehead atoms. The third-order valence-corrected chi connectivity index (χ3v) is 4.15. The number of thiophene rings is 1. The van der Waals surface area contributed by atoms with Crippen LogP contribution in [-0.4, -0.2) is 15.9 Å². The Balaban J connectivity index is 1.57. The number of anilines is 1. The smallest absolute Gasteiger partial charge is 0.224 e. The summed E-state index contributed by atoms with van der Waals surface area (Å²) in [7, 11) is 0. The molecule has 0 atom stereocenters. The van der Waals surface area contributed by atoms with E-state index in [1.54, 1.807) is 17.5 Å². The number of amides is 1. The summed E-state index contributed by atoms with van der Waals surface area (Å²) in [4.78, 5) is 21.1. The largest absolute Gasteiger partial charge is 0.325 e. The van der Waals surface area contributed by atoms with Crippen molar-refractivity contribution in [2.24, 2.45) is 0 Å². The zero-order valence-electron chi connectivity index (χ0n) is 11.9. The van der Waals surface area contributed by atoms with Gasteiger partial charge < -0.3 is 5.32 Å². The molecule has 110 valence electrons. The number of aromatic nitrogens is 2. The van der Waals surface area contributed by atoms with Crippen molar-refractivity contribution in [2.75, 3.05) is 5.32 Å². The number of nitrogens with zero attached hydrogens (tertiary/aromatic N) is 2. The second-order valence-electron chi connectivity index (χ2n) is 4.83. The molecule has 0 fully saturated rings. The van der Waals surface area contributed by atoms with Gasteiger partial charge >= 0.3 is 0 Å². The van der Waals surface area contributed by atoms with E-state index in [1.807, 2.05) is 47.8 Å². The lowest BCUT2D eigenvalue weighted by atomic mass is 10.1. The van der Waals surface area contributed by atoms with E-state index in [0.29, 0.717) is 6.42 Å². The molecule has 5 heteroatoms. The van der Waals surface area contributed by atoms with Crippen LogP contribution in [0.1, 0.15) is 12.0 Å². The highest BCUT2D eigenvalue weighted by molar-refractivity contribution is 7.14. The maximum Gasteiger partial charge on any atom is 0.224 e. The maximum absolute atomic E-state index is 12.0. The molecule has 0 radical (unpaired) electrons. The second-order valence-corrected chi connectivity index (χ2v) is 5.74. The minimum absolute atomic E-state index is 0.0240. The summed E-state index contributed by atoms with van der Waals surface area (Å²) >= 11 is 1.55. The van der Waals surface area contributed by atoms with Gasteiger partial charge in [-0.2, -0.15) is 0 Å². The lowest BCUT2D eigenvalue weighted by Crippen LogP contribution is -2.11. The van der Waals surface area contributed by atoms with Gasteiger partial charge in [0, 0.05) is 18.0 Å². The summed E-state index contributed by atoms with van der Waals surface area (Å²) in [5, 5.41) is 4.86. The van der Waals surface area contributed by atoms with Crippen LogP contribution in [0.4, 0.5) is 5.69 Å². The summed E-state index contributed by atoms with van der Waals surface area (Å²) in [6.45, 7) is 0. The van der Waals surface area contributed by atoms with E-state index in [4.69, 9.17) is 0 Å². The first kappa shape index (κ1) is 14.4. The summed E-state index contributed by atoms with van der Waals surface area (Å²) in [6, 6.07) is 13.8. The molecule has 1 N–H and O–H groups in total. The van der Waals surface area contributed by atoms with E-state index in [-0.39, 0.29) is 5.91 Å². The molecule has 4 nitrogen and oxygen atoms in total. The summed E-state index contributed by atoms with van der Waals surface area (Å²) in [5.74, 6) is 0.0240. The van der Waals surface area contributed by atoms with E-state index in [0.717, 1.165) is 22.7 Å². The molecule has 3 rings (SSSR count). The Morgan fingerprint density at radius 1 is 1.18 bits per heavy atom. The quantitative estimate of drug-likeness (QED) is 0.780. The first-order valence-corrected chi connectivity index (χ1v) is 7.88. The van der Waals surface area contributed by atoms with E-state index >= 15 is 0 Å². The van der Waals surface area contributed by atoms with E-state index < -0.39 is 0 Å². The molecule has 3 aromatic rings.